The molecule has 0 N–H and O–H groups in total. The van der Waals surface area contributed by atoms with Crippen molar-refractivity contribution >= 4 is 40.0 Å². The lowest BCUT2D eigenvalue weighted by Crippen LogP contribution is -1.97. The minimum Gasteiger partial charge on any atom is -0.286 e. The zero-order valence-corrected chi connectivity index (χ0v) is 17.5. The second kappa shape index (κ2) is 7.87. The Hall–Kier alpha value is -3.26. The Kier molecular flexibility index (Phi) is 4.92. The number of pyridine rings is 1. The number of rotatable bonds is 4. The number of benzene rings is 3. The topological polar surface area (TPSA) is 41.1 Å². The van der Waals surface area contributed by atoms with E-state index in [2.05, 4.69) is 16.5 Å². The molecule has 0 aliphatic rings. The zero-order valence-electron chi connectivity index (χ0n) is 15.9. The van der Waals surface area contributed by atoms with Crippen LogP contribution in [0.1, 0.15) is 11.1 Å². The summed E-state index contributed by atoms with van der Waals surface area (Å²) >= 11 is 7.76. The summed E-state index contributed by atoms with van der Waals surface area (Å²) in [5, 5.41) is 11.8. The molecule has 5 aromatic rings. The van der Waals surface area contributed by atoms with E-state index in [1.165, 1.54) is 5.56 Å². The molecule has 0 bridgehead atoms. The van der Waals surface area contributed by atoms with Gasteiger partial charge in [0.25, 0.3) is 0 Å². The van der Waals surface area contributed by atoms with E-state index in [1.807, 2.05) is 78.9 Å². The number of halogens is 1. The van der Waals surface area contributed by atoms with Crippen molar-refractivity contribution in [2.24, 2.45) is 0 Å². The lowest BCUT2D eigenvalue weighted by molar-refractivity contribution is 1.05. The molecule has 0 saturated carbocycles. The summed E-state index contributed by atoms with van der Waals surface area (Å²) in [6, 6.07) is 30.4. The predicted molar refractivity (Wildman–Crippen MR) is 124 cm³/mol. The van der Waals surface area contributed by atoms with Crippen molar-refractivity contribution in [2.75, 3.05) is 0 Å². The molecule has 0 spiro atoms. The smallest absolute Gasteiger partial charge is 0.157 e. The molecule has 0 aliphatic heterocycles. The van der Waals surface area contributed by atoms with E-state index < -0.39 is 0 Å². The summed E-state index contributed by atoms with van der Waals surface area (Å²) < 4.78 is 2.10. The molecule has 0 fully saturated rings. The number of para-hydroxylation sites is 2. The van der Waals surface area contributed by atoms with Gasteiger partial charge in [-0.05, 0) is 41.5 Å². The van der Waals surface area contributed by atoms with Crippen molar-refractivity contribution < 1.29 is 0 Å². The zero-order chi connectivity index (χ0) is 20.5. The van der Waals surface area contributed by atoms with Crippen LogP contribution in [-0.2, 0) is 5.75 Å². The summed E-state index contributed by atoms with van der Waals surface area (Å²) in [4.78, 5) is 4.81. The number of imidazole rings is 1. The lowest BCUT2D eigenvalue weighted by Gasteiger charge is -2.12. The van der Waals surface area contributed by atoms with Gasteiger partial charge in [-0.15, -0.1) is 11.8 Å². The maximum atomic E-state index is 10.0. The Labute approximate surface area is 183 Å². The normalized spacial score (nSPS) is 11.1. The summed E-state index contributed by atoms with van der Waals surface area (Å²) in [6.45, 7) is 0. The second-order valence-electron chi connectivity index (χ2n) is 6.92. The van der Waals surface area contributed by atoms with Crippen LogP contribution in [0.3, 0.4) is 0 Å². The number of hydrogen-bond donors (Lipinski definition) is 0. The largest absolute Gasteiger partial charge is 0.286 e. The summed E-state index contributed by atoms with van der Waals surface area (Å²) in [6.07, 6.45) is 0. The third-order valence-electron chi connectivity index (χ3n) is 5.04. The van der Waals surface area contributed by atoms with Gasteiger partial charge in [0, 0.05) is 16.3 Å². The highest BCUT2D eigenvalue weighted by Gasteiger charge is 2.18. The molecule has 0 amide bonds. The number of nitrogens with zero attached hydrogens (tertiary/aromatic N) is 3. The molecule has 0 atom stereocenters. The number of fused-ring (bicyclic) bond motifs is 3. The van der Waals surface area contributed by atoms with Crippen LogP contribution in [-0.4, -0.2) is 9.38 Å². The summed E-state index contributed by atoms with van der Waals surface area (Å²) in [7, 11) is 0. The highest BCUT2D eigenvalue weighted by atomic mass is 35.5. The first kappa shape index (κ1) is 18.7. The third-order valence-corrected chi connectivity index (χ3v) is 6.36. The van der Waals surface area contributed by atoms with E-state index >= 15 is 0 Å². The fraction of sp³-hybridized carbons (Fsp3) is 0.0400. The second-order valence-corrected chi connectivity index (χ2v) is 8.36. The van der Waals surface area contributed by atoms with Crippen molar-refractivity contribution in [3.05, 3.63) is 101 Å². The fourth-order valence-electron chi connectivity index (χ4n) is 3.60. The quantitative estimate of drug-likeness (QED) is 0.292. The molecule has 2 heterocycles. The van der Waals surface area contributed by atoms with Crippen molar-refractivity contribution in [3.63, 3.8) is 0 Å². The van der Waals surface area contributed by atoms with Crippen LogP contribution in [0.5, 0.6) is 0 Å². The van der Waals surface area contributed by atoms with E-state index in [-0.39, 0.29) is 0 Å². The predicted octanol–water partition coefficient (Wildman–Crippen LogP) is 6.97. The Bertz CT molecular complexity index is 1400. The average Bonchev–Trinajstić information content (AvgIpc) is 3.18. The number of thioether (sulfide) groups is 1. The van der Waals surface area contributed by atoms with Crippen LogP contribution < -0.4 is 0 Å². The first-order valence-electron chi connectivity index (χ1n) is 9.51. The highest BCUT2D eigenvalue weighted by molar-refractivity contribution is 7.98. The van der Waals surface area contributed by atoms with Gasteiger partial charge in [0.1, 0.15) is 11.6 Å². The molecule has 30 heavy (non-hydrogen) atoms. The van der Waals surface area contributed by atoms with Crippen LogP contribution in [0.15, 0.2) is 90.0 Å². The molecular formula is C25H16ClN3S. The van der Waals surface area contributed by atoms with Gasteiger partial charge in [0.15, 0.2) is 5.65 Å². The SMILES string of the molecule is N#Cc1c(-c2ccccc2)cc(SCc2ccc(Cl)cc2)n2c1nc1ccccc12. The Morgan fingerprint density at radius 1 is 0.933 bits per heavy atom. The molecule has 0 unspecified atom stereocenters. The Morgan fingerprint density at radius 2 is 1.67 bits per heavy atom. The number of aromatic nitrogens is 2. The third kappa shape index (κ3) is 3.33. The lowest BCUT2D eigenvalue weighted by atomic mass is 10.0. The van der Waals surface area contributed by atoms with Crippen molar-refractivity contribution in [2.45, 2.75) is 10.8 Å². The maximum Gasteiger partial charge on any atom is 0.157 e. The minimum atomic E-state index is 0.591. The molecule has 0 radical (unpaired) electrons. The van der Waals surface area contributed by atoms with Crippen LogP contribution in [0, 0.1) is 11.3 Å². The van der Waals surface area contributed by atoms with Gasteiger partial charge >= 0.3 is 0 Å². The Balaban J connectivity index is 1.73. The van der Waals surface area contributed by atoms with Gasteiger partial charge in [0.05, 0.1) is 16.1 Å². The van der Waals surface area contributed by atoms with Gasteiger partial charge in [0.2, 0.25) is 0 Å². The van der Waals surface area contributed by atoms with Crippen molar-refractivity contribution in [3.8, 4) is 17.2 Å². The maximum absolute atomic E-state index is 10.0. The fourth-order valence-corrected chi connectivity index (χ4v) is 4.75. The van der Waals surface area contributed by atoms with E-state index in [0.29, 0.717) is 11.2 Å². The van der Waals surface area contributed by atoms with Gasteiger partial charge in [-0.1, -0.05) is 66.2 Å². The van der Waals surface area contributed by atoms with Gasteiger partial charge in [-0.2, -0.15) is 5.26 Å². The minimum absolute atomic E-state index is 0.591. The van der Waals surface area contributed by atoms with E-state index in [4.69, 9.17) is 16.6 Å². The first-order valence-corrected chi connectivity index (χ1v) is 10.9. The standard InChI is InChI=1S/C25H16ClN3S/c26-19-12-10-17(11-13-19)16-30-24-14-20(18-6-2-1-3-7-18)21(15-27)25-28-22-8-4-5-9-23(22)29(24)25/h1-14H,16H2. The molecule has 3 nitrogen and oxygen atoms in total. The molecule has 3 aromatic carbocycles. The van der Waals surface area contributed by atoms with Crippen LogP contribution in [0.25, 0.3) is 27.8 Å². The molecule has 5 rings (SSSR count). The van der Waals surface area contributed by atoms with E-state index in [9.17, 15) is 5.26 Å². The first-order chi connectivity index (χ1) is 14.7. The van der Waals surface area contributed by atoms with Crippen molar-refractivity contribution in [1.82, 2.24) is 9.38 Å². The molecular weight excluding hydrogens is 410 g/mol. The average molecular weight is 426 g/mol. The highest BCUT2D eigenvalue weighted by Crippen LogP contribution is 2.35. The van der Waals surface area contributed by atoms with E-state index in [1.54, 1.807) is 11.8 Å². The van der Waals surface area contributed by atoms with Gasteiger partial charge in [-0.25, -0.2) is 4.98 Å². The number of nitriles is 1. The molecule has 5 heteroatoms. The summed E-state index contributed by atoms with van der Waals surface area (Å²) in [5.41, 5.74) is 6.27. The van der Waals surface area contributed by atoms with Crippen LogP contribution in [0.4, 0.5) is 0 Å². The van der Waals surface area contributed by atoms with Crippen LogP contribution >= 0.6 is 23.4 Å². The van der Waals surface area contributed by atoms with Gasteiger partial charge in [-0.3, -0.25) is 4.40 Å². The van der Waals surface area contributed by atoms with E-state index in [0.717, 1.165) is 38.0 Å². The molecule has 0 aliphatic carbocycles. The Morgan fingerprint density at radius 3 is 2.43 bits per heavy atom. The molecule has 0 saturated heterocycles. The van der Waals surface area contributed by atoms with Crippen LogP contribution in [0.2, 0.25) is 5.02 Å². The molecule has 2 aromatic heterocycles. The molecule has 144 valence electrons. The van der Waals surface area contributed by atoms with Gasteiger partial charge < -0.3 is 0 Å². The van der Waals surface area contributed by atoms with Crippen molar-refractivity contribution in [1.29, 1.82) is 5.26 Å². The number of hydrogen-bond acceptors (Lipinski definition) is 3. The monoisotopic (exact) mass is 425 g/mol. The summed E-state index contributed by atoms with van der Waals surface area (Å²) in [5.74, 6) is 0.791.